The zero-order valence-electron chi connectivity index (χ0n) is 16.5. The molecule has 0 spiro atoms. The quantitative estimate of drug-likeness (QED) is 0.723. The van der Waals surface area contributed by atoms with Crippen LogP contribution in [0.4, 0.5) is 11.4 Å². The molecule has 0 aliphatic heterocycles. The summed E-state index contributed by atoms with van der Waals surface area (Å²) in [7, 11) is 1.69. The van der Waals surface area contributed by atoms with Crippen molar-refractivity contribution in [2.45, 2.75) is 20.8 Å². The highest BCUT2D eigenvalue weighted by Gasteiger charge is 2.11. The van der Waals surface area contributed by atoms with Gasteiger partial charge < -0.3 is 15.0 Å². The Bertz CT molecular complexity index is 867. The predicted octanol–water partition coefficient (Wildman–Crippen LogP) is 3.83. The number of anilines is 2. The lowest BCUT2D eigenvalue weighted by molar-refractivity contribution is -0.116. The number of amides is 2. The largest absolute Gasteiger partial charge is 0.493 e. The smallest absolute Gasteiger partial charge is 0.257 e. The highest BCUT2D eigenvalue weighted by Crippen LogP contribution is 2.19. The van der Waals surface area contributed by atoms with Crippen molar-refractivity contribution in [1.29, 1.82) is 0 Å². The Hall–Kier alpha value is -2.93. The van der Waals surface area contributed by atoms with Crippen LogP contribution >= 0.6 is 12.2 Å². The van der Waals surface area contributed by atoms with Gasteiger partial charge in [-0.15, -0.1) is 0 Å². The number of thiocarbonyl (C=S) groups is 1. The first-order valence-electron chi connectivity index (χ1n) is 8.96. The molecule has 0 bridgehead atoms. The minimum Gasteiger partial charge on any atom is -0.493 e. The SMILES string of the molecule is CC(=O)N(C)c1cccc(NC(=S)NC(=O)c2cccc(OCC(C)C)c2)c1. The maximum Gasteiger partial charge on any atom is 0.257 e. The second-order valence-electron chi connectivity index (χ2n) is 6.77. The van der Waals surface area contributed by atoms with E-state index in [4.69, 9.17) is 17.0 Å². The van der Waals surface area contributed by atoms with E-state index in [2.05, 4.69) is 24.5 Å². The van der Waals surface area contributed by atoms with Crippen molar-refractivity contribution >= 4 is 40.5 Å². The Morgan fingerprint density at radius 1 is 1.14 bits per heavy atom. The fraction of sp³-hybridized carbons (Fsp3) is 0.286. The molecule has 6 nitrogen and oxygen atoms in total. The third-order valence-electron chi connectivity index (χ3n) is 3.87. The Morgan fingerprint density at radius 2 is 1.86 bits per heavy atom. The van der Waals surface area contributed by atoms with Gasteiger partial charge in [0.05, 0.1) is 6.61 Å². The van der Waals surface area contributed by atoms with Crippen LogP contribution in [0.5, 0.6) is 5.75 Å². The van der Waals surface area contributed by atoms with Gasteiger partial charge in [0.1, 0.15) is 5.75 Å². The van der Waals surface area contributed by atoms with Crippen LogP contribution in [0.15, 0.2) is 48.5 Å². The van der Waals surface area contributed by atoms with Crippen LogP contribution in [0.25, 0.3) is 0 Å². The Balaban J connectivity index is 2.00. The molecule has 0 aliphatic rings. The van der Waals surface area contributed by atoms with E-state index in [0.29, 0.717) is 29.5 Å². The molecule has 28 heavy (non-hydrogen) atoms. The van der Waals surface area contributed by atoms with Crippen LogP contribution in [0.3, 0.4) is 0 Å². The summed E-state index contributed by atoms with van der Waals surface area (Å²) in [5.74, 6) is 0.629. The number of carbonyl (C=O) groups is 2. The molecule has 2 N–H and O–H groups in total. The number of nitrogens with one attached hydrogen (secondary N) is 2. The van der Waals surface area contributed by atoms with Gasteiger partial charge in [0.15, 0.2) is 5.11 Å². The lowest BCUT2D eigenvalue weighted by Crippen LogP contribution is -2.34. The first-order valence-corrected chi connectivity index (χ1v) is 9.36. The summed E-state index contributed by atoms with van der Waals surface area (Å²) in [6, 6.07) is 14.2. The van der Waals surface area contributed by atoms with Gasteiger partial charge in [0.25, 0.3) is 5.91 Å². The average Bonchev–Trinajstić information content (AvgIpc) is 2.66. The fourth-order valence-electron chi connectivity index (χ4n) is 2.30. The summed E-state index contributed by atoms with van der Waals surface area (Å²) in [6.07, 6.45) is 0. The Kier molecular flexibility index (Phi) is 7.52. The summed E-state index contributed by atoms with van der Waals surface area (Å²) in [5.41, 5.74) is 1.85. The lowest BCUT2D eigenvalue weighted by atomic mass is 10.2. The molecule has 0 saturated carbocycles. The molecule has 0 saturated heterocycles. The maximum atomic E-state index is 12.5. The summed E-state index contributed by atoms with van der Waals surface area (Å²) < 4.78 is 5.65. The molecule has 0 heterocycles. The number of hydrogen-bond acceptors (Lipinski definition) is 4. The van der Waals surface area contributed by atoms with Crippen molar-refractivity contribution in [2.24, 2.45) is 5.92 Å². The van der Waals surface area contributed by atoms with Crippen molar-refractivity contribution in [2.75, 3.05) is 23.9 Å². The van der Waals surface area contributed by atoms with Crippen LogP contribution in [-0.2, 0) is 4.79 Å². The van der Waals surface area contributed by atoms with Gasteiger partial charge in [-0.05, 0) is 54.5 Å². The topological polar surface area (TPSA) is 70.7 Å². The average molecular weight is 400 g/mol. The Morgan fingerprint density at radius 3 is 2.54 bits per heavy atom. The van der Waals surface area contributed by atoms with E-state index in [1.54, 1.807) is 43.4 Å². The van der Waals surface area contributed by atoms with E-state index < -0.39 is 0 Å². The molecule has 0 radical (unpaired) electrons. The molecule has 0 fully saturated rings. The van der Waals surface area contributed by atoms with Crippen LogP contribution < -0.4 is 20.3 Å². The van der Waals surface area contributed by atoms with Gasteiger partial charge in [0.2, 0.25) is 5.91 Å². The molecule has 0 aromatic heterocycles. The van der Waals surface area contributed by atoms with Crippen LogP contribution in [0.2, 0.25) is 0 Å². The second-order valence-corrected chi connectivity index (χ2v) is 7.18. The first kappa shape index (κ1) is 21.4. The number of ether oxygens (including phenoxy) is 1. The van der Waals surface area contributed by atoms with Crippen molar-refractivity contribution in [1.82, 2.24) is 5.32 Å². The lowest BCUT2D eigenvalue weighted by Gasteiger charge is -2.17. The number of hydrogen-bond donors (Lipinski definition) is 2. The summed E-state index contributed by atoms with van der Waals surface area (Å²) >= 11 is 5.24. The molecule has 0 unspecified atom stereocenters. The second kappa shape index (κ2) is 9.85. The summed E-state index contributed by atoms with van der Waals surface area (Å²) in [5, 5.41) is 5.78. The van der Waals surface area contributed by atoms with E-state index in [9.17, 15) is 9.59 Å². The van der Waals surface area contributed by atoms with Crippen molar-refractivity contribution in [3.8, 4) is 5.75 Å². The van der Waals surface area contributed by atoms with E-state index in [1.807, 2.05) is 12.1 Å². The number of rotatable bonds is 6. The van der Waals surface area contributed by atoms with Gasteiger partial charge in [-0.1, -0.05) is 26.0 Å². The molecular weight excluding hydrogens is 374 g/mol. The molecule has 2 aromatic carbocycles. The van der Waals surface area contributed by atoms with Crippen molar-refractivity contribution in [3.63, 3.8) is 0 Å². The predicted molar refractivity (Wildman–Crippen MR) is 116 cm³/mol. The van der Waals surface area contributed by atoms with Crippen molar-refractivity contribution in [3.05, 3.63) is 54.1 Å². The normalized spacial score (nSPS) is 10.3. The zero-order valence-corrected chi connectivity index (χ0v) is 17.3. The molecule has 0 aliphatic carbocycles. The molecule has 2 amide bonds. The van der Waals surface area contributed by atoms with Crippen molar-refractivity contribution < 1.29 is 14.3 Å². The van der Waals surface area contributed by atoms with Gasteiger partial charge in [-0.25, -0.2) is 0 Å². The number of benzene rings is 2. The minimum atomic E-state index is -0.329. The third-order valence-corrected chi connectivity index (χ3v) is 4.07. The van der Waals surface area contributed by atoms with E-state index >= 15 is 0 Å². The number of carbonyl (C=O) groups excluding carboxylic acids is 2. The molecular formula is C21H25N3O3S. The van der Waals surface area contributed by atoms with E-state index in [1.165, 1.54) is 11.8 Å². The van der Waals surface area contributed by atoms with Gasteiger partial charge in [-0.2, -0.15) is 0 Å². The number of nitrogens with zero attached hydrogens (tertiary/aromatic N) is 1. The van der Waals surface area contributed by atoms with E-state index in [0.717, 1.165) is 5.69 Å². The summed E-state index contributed by atoms with van der Waals surface area (Å²) in [4.78, 5) is 25.5. The minimum absolute atomic E-state index is 0.0763. The Labute approximate surface area is 170 Å². The molecule has 7 heteroatoms. The van der Waals surface area contributed by atoms with Gasteiger partial charge in [-0.3, -0.25) is 14.9 Å². The summed E-state index contributed by atoms with van der Waals surface area (Å²) in [6.45, 7) is 6.19. The fourth-order valence-corrected chi connectivity index (χ4v) is 2.51. The molecule has 2 aromatic rings. The van der Waals surface area contributed by atoms with Crippen LogP contribution in [-0.4, -0.2) is 30.6 Å². The third kappa shape index (κ3) is 6.35. The highest BCUT2D eigenvalue weighted by atomic mass is 32.1. The first-order chi connectivity index (χ1) is 13.3. The highest BCUT2D eigenvalue weighted by molar-refractivity contribution is 7.80. The van der Waals surface area contributed by atoms with Gasteiger partial charge in [0, 0.05) is 30.9 Å². The standard InChI is InChI=1S/C21H25N3O3S/c1-14(2)13-27-19-10-5-7-16(11-19)20(26)23-21(28)22-17-8-6-9-18(12-17)24(4)15(3)25/h5-12,14H,13H2,1-4H3,(H2,22,23,26,28). The van der Waals surface area contributed by atoms with E-state index in [-0.39, 0.29) is 16.9 Å². The van der Waals surface area contributed by atoms with Gasteiger partial charge >= 0.3 is 0 Å². The van der Waals surface area contributed by atoms with Crippen LogP contribution in [0.1, 0.15) is 31.1 Å². The molecule has 2 rings (SSSR count). The van der Waals surface area contributed by atoms with Crippen LogP contribution in [0, 0.1) is 5.92 Å². The monoisotopic (exact) mass is 399 g/mol. The maximum absolute atomic E-state index is 12.5. The molecule has 0 atom stereocenters. The zero-order chi connectivity index (χ0) is 20.7. The molecule has 148 valence electrons.